The molecule has 4 nitrogen and oxygen atoms in total. The Balaban J connectivity index is 2.24. The van der Waals surface area contributed by atoms with Gasteiger partial charge in [0, 0.05) is 11.1 Å². The standard InChI is InChI=1S/C29H40O4/c1-5-9-19-32-28-21-23(22-29(26(28)11-7-3)33-20-10-6-2)12-17-27(30)24-13-15-25(16-14-24)31-18-8-4/h12-17,21-22H,5-11,18-20H2,1-4H3. The minimum atomic E-state index is -0.0448. The maximum Gasteiger partial charge on any atom is 0.185 e. The van der Waals surface area contributed by atoms with Crippen molar-refractivity contribution in [2.45, 2.75) is 72.6 Å². The summed E-state index contributed by atoms with van der Waals surface area (Å²) in [5.74, 6) is 2.47. The lowest BCUT2D eigenvalue weighted by Crippen LogP contribution is -2.05. The van der Waals surface area contributed by atoms with Crippen molar-refractivity contribution in [3.8, 4) is 17.2 Å². The third-order valence-corrected chi connectivity index (χ3v) is 5.24. The maximum absolute atomic E-state index is 12.7. The van der Waals surface area contributed by atoms with E-state index in [1.54, 1.807) is 18.2 Å². The van der Waals surface area contributed by atoms with Crippen LogP contribution in [0.1, 0.15) is 87.7 Å². The Hall–Kier alpha value is -2.75. The zero-order chi connectivity index (χ0) is 23.9. The molecule has 0 bridgehead atoms. The molecule has 0 aliphatic carbocycles. The average molecular weight is 453 g/mol. The summed E-state index contributed by atoms with van der Waals surface area (Å²) in [7, 11) is 0. The van der Waals surface area contributed by atoms with Crippen LogP contribution in [0.3, 0.4) is 0 Å². The molecular weight excluding hydrogens is 412 g/mol. The summed E-state index contributed by atoms with van der Waals surface area (Å²) in [5.41, 5.74) is 2.66. The number of carbonyl (C=O) groups excluding carboxylic acids is 1. The van der Waals surface area contributed by atoms with Gasteiger partial charge in [0.1, 0.15) is 17.2 Å². The van der Waals surface area contributed by atoms with Gasteiger partial charge in [-0.2, -0.15) is 0 Å². The Labute approximate surface area is 200 Å². The van der Waals surface area contributed by atoms with E-state index in [0.29, 0.717) is 25.4 Å². The van der Waals surface area contributed by atoms with Gasteiger partial charge in [-0.3, -0.25) is 4.79 Å². The fourth-order valence-electron chi connectivity index (χ4n) is 3.35. The van der Waals surface area contributed by atoms with Crippen molar-refractivity contribution in [2.75, 3.05) is 19.8 Å². The molecule has 0 amide bonds. The van der Waals surface area contributed by atoms with E-state index >= 15 is 0 Å². The Morgan fingerprint density at radius 1 is 0.758 bits per heavy atom. The summed E-state index contributed by atoms with van der Waals surface area (Å²) < 4.78 is 17.9. The van der Waals surface area contributed by atoms with Crippen LogP contribution in [-0.2, 0) is 6.42 Å². The van der Waals surface area contributed by atoms with Crippen LogP contribution in [-0.4, -0.2) is 25.6 Å². The molecular formula is C29H40O4. The van der Waals surface area contributed by atoms with E-state index in [2.05, 4.69) is 27.7 Å². The van der Waals surface area contributed by atoms with Crippen molar-refractivity contribution < 1.29 is 19.0 Å². The number of ketones is 1. The largest absolute Gasteiger partial charge is 0.494 e. The lowest BCUT2D eigenvalue weighted by molar-refractivity contribution is 0.104. The van der Waals surface area contributed by atoms with Gasteiger partial charge in [-0.05, 0) is 73.7 Å². The molecule has 0 saturated heterocycles. The molecule has 0 spiro atoms. The number of allylic oxidation sites excluding steroid dienone is 1. The van der Waals surface area contributed by atoms with E-state index in [1.165, 1.54) is 0 Å². The van der Waals surface area contributed by atoms with Crippen LogP contribution in [0.2, 0.25) is 0 Å². The average Bonchev–Trinajstić information content (AvgIpc) is 2.83. The van der Waals surface area contributed by atoms with Gasteiger partial charge in [0.05, 0.1) is 19.8 Å². The van der Waals surface area contributed by atoms with Crippen LogP contribution in [0.15, 0.2) is 42.5 Å². The molecule has 0 aliphatic heterocycles. The molecule has 2 aromatic rings. The number of ether oxygens (including phenoxy) is 3. The van der Waals surface area contributed by atoms with Crippen molar-refractivity contribution >= 4 is 11.9 Å². The Kier molecular flexibility index (Phi) is 12.2. The van der Waals surface area contributed by atoms with Gasteiger partial charge in [-0.15, -0.1) is 0 Å². The molecule has 0 N–H and O–H groups in total. The first-order valence-corrected chi connectivity index (χ1v) is 12.5. The molecule has 2 rings (SSSR count). The Bertz CT molecular complexity index is 837. The first kappa shape index (κ1) is 26.5. The van der Waals surface area contributed by atoms with Gasteiger partial charge < -0.3 is 14.2 Å². The lowest BCUT2D eigenvalue weighted by Gasteiger charge is -2.17. The summed E-state index contributed by atoms with van der Waals surface area (Å²) in [4.78, 5) is 12.7. The first-order chi connectivity index (χ1) is 16.1. The summed E-state index contributed by atoms with van der Waals surface area (Å²) in [5, 5.41) is 0. The highest BCUT2D eigenvalue weighted by atomic mass is 16.5. The van der Waals surface area contributed by atoms with Crippen LogP contribution >= 0.6 is 0 Å². The van der Waals surface area contributed by atoms with E-state index < -0.39 is 0 Å². The molecule has 0 aliphatic rings. The van der Waals surface area contributed by atoms with Gasteiger partial charge in [-0.1, -0.05) is 53.0 Å². The summed E-state index contributed by atoms with van der Waals surface area (Å²) in [6.07, 6.45) is 10.5. The Morgan fingerprint density at radius 3 is 1.88 bits per heavy atom. The number of benzene rings is 2. The minimum absolute atomic E-state index is 0.0448. The summed E-state index contributed by atoms with van der Waals surface area (Å²) in [6, 6.07) is 11.4. The summed E-state index contributed by atoms with van der Waals surface area (Å²) in [6.45, 7) is 10.6. The van der Waals surface area contributed by atoms with E-state index in [9.17, 15) is 4.79 Å². The van der Waals surface area contributed by atoms with Crippen molar-refractivity contribution in [3.63, 3.8) is 0 Å². The molecule has 0 atom stereocenters. The molecule has 4 heteroatoms. The van der Waals surface area contributed by atoms with E-state index in [-0.39, 0.29) is 5.78 Å². The molecule has 0 fully saturated rings. The van der Waals surface area contributed by atoms with Crippen LogP contribution < -0.4 is 14.2 Å². The maximum atomic E-state index is 12.7. The molecule has 33 heavy (non-hydrogen) atoms. The molecule has 180 valence electrons. The number of unbranched alkanes of at least 4 members (excludes halogenated alkanes) is 2. The fraction of sp³-hybridized carbons (Fsp3) is 0.483. The number of carbonyl (C=O) groups is 1. The molecule has 0 saturated carbocycles. The fourth-order valence-corrected chi connectivity index (χ4v) is 3.35. The molecule has 0 radical (unpaired) electrons. The highest BCUT2D eigenvalue weighted by Crippen LogP contribution is 2.33. The van der Waals surface area contributed by atoms with Gasteiger partial charge in [0.2, 0.25) is 0 Å². The van der Waals surface area contributed by atoms with Gasteiger partial charge >= 0.3 is 0 Å². The first-order valence-electron chi connectivity index (χ1n) is 12.5. The zero-order valence-electron chi connectivity index (χ0n) is 20.8. The number of rotatable bonds is 16. The lowest BCUT2D eigenvalue weighted by atomic mass is 10.0. The van der Waals surface area contributed by atoms with Crippen LogP contribution in [0, 0.1) is 0 Å². The Morgan fingerprint density at radius 2 is 1.36 bits per heavy atom. The second kappa shape index (κ2) is 15.2. The van der Waals surface area contributed by atoms with Gasteiger partial charge in [0.15, 0.2) is 5.78 Å². The monoisotopic (exact) mass is 452 g/mol. The number of hydrogen-bond acceptors (Lipinski definition) is 4. The van der Waals surface area contributed by atoms with E-state index in [0.717, 1.165) is 73.3 Å². The third-order valence-electron chi connectivity index (χ3n) is 5.24. The second-order valence-corrected chi connectivity index (χ2v) is 8.22. The highest BCUT2D eigenvalue weighted by Gasteiger charge is 2.13. The normalized spacial score (nSPS) is 11.0. The van der Waals surface area contributed by atoms with Gasteiger partial charge in [-0.25, -0.2) is 0 Å². The number of hydrogen-bond donors (Lipinski definition) is 0. The summed E-state index contributed by atoms with van der Waals surface area (Å²) >= 11 is 0. The minimum Gasteiger partial charge on any atom is -0.494 e. The predicted molar refractivity (Wildman–Crippen MR) is 137 cm³/mol. The molecule has 2 aromatic carbocycles. The van der Waals surface area contributed by atoms with Gasteiger partial charge in [0.25, 0.3) is 0 Å². The van der Waals surface area contributed by atoms with E-state index in [4.69, 9.17) is 14.2 Å². The van der Waals surface area contributed by atoms with Crippen molar-refractivity contribution in [2.24, 2.45) is 0 Å². The zero-order valence-corrected chi connectivity index (χ0v) is 20.8. The van der Waals surface area contributed by atoms with E-state index in [1.807, 2.05) is 30.3 Å². The van der Waals surface area contributed by atoms with Crippen molar-refractivity contribution in [1.82, 2.24) is 0 Å². The smallest absolute Gasteiger partial charge is 0.185 e. The molecule has 0 heterocycles. The molecule has 0 unspecified atom stereocenters. The van der Waals surface area contributed by atoms with Crippen LogP contribution in [0.4, 0.5) is 0 Å². The topological polar surface area (TPSA) is 44.8 Å². The van der Waals surface area contributed by atoms with Crippen molar-refractivity contribution in [1.29, 1.82) is 0 Å². The second-order valence-electron chi connectivity index (χ2n) is 8.22. The predicted octanol–water partition coefficient (Wildman–Crippen LogP) is 7.68. The highest BCUT2D eigenvalue weighted by molar-refractivity contribution is 6.06. The third kappa shape index (κ3) is 8.95. The van der Waals surface area contributed by atoms with Crippen LogP contribution in [0.25, 0.3) is 6.08 Å². The van der Waals surface area contributed by atoms with Crippen LogP contribution in [0.5, 0.6) is 17.2 Å². The SMILES string of the molecule is CCCCOc1cc(C=CC(=O)c2ccc(OCCC)cc2)cc(OCCCC)c1CCC. The molecule has 0 aromatic heterocycles. The van der Waals surface area contributed by atoms with Crippen molar-refractivity contribution in [3.05, 3.63) is 59.2 Å². The quantitative estimate of drug-likeness (QED) is 0.149.